The van der Waals surface area contributed by atoms with Crippen LogP contribution < -0.4 is 5.73 Å². The lowest BCUT2D eigenvalue weighted by atomic mass is 9.93. The molecule has 0 aliphatic carbocycles. The van der Waals surface area contributed by atoms with Gasteiger partial charge < -0.3 is 15.7 Å². The van der Waals surface area contributed by atoms with Crippen molar-refractivity contribution in [2.75, 3.05) is 6.54 Å². The van der Waals surface area contributed by atoms with Crippen LogP contribution >= 0.6 is 12.4 Å². The van der Waals surface area contributed by atoms with E-state index >= 15 is 0 Å². The summed E-state index contributed by atoms with van der Waals surface area (Å²) in [7, 11) is 0. The number of piperidine rings is 1. The topological polar surface area (TPSA) is 66.6 Å². The molecule has 2 fully saturated rings. The summed E-state index contributed by atoms with van der Waals surface area (Å²) in [6, 6.07) is 10.2. The quantitative estimate of drug-likeness (QED) is 0.892. The minimum atomic E-state index is -0.255. The average Bonchev–Trinajstić information content (AvgIpc) is 2.73. The van der Waals surface area contributed by atoms with Crippen LogP contribution in [0.15, 0.2) is 30.3 Å². The zero-order chi connectivity index (χ0) is 14.1. The van der Waals surface area contributed by atoms with Gasteiger partial charge in [-0.15, -0.1) is 12.4 Å². The Kier molecular flexibility index (Phi) is 5.25. The van der Waals surface area contributed by atoms with Gasteiger partial charge in [-0.1, -0.05) is 30.3 Å². The average molecular weight is 311 g/mol. The Labute approximate surface area is 131 Å². The third-order valence-electron chi connectivity index (χ3n) is 4.70. The highest BCUT2D eigenvalue weighted by atomic mass is 35.5. The molecule has 0 aromatic heterocycles. The maximum Gasteiger partial charge on any atom is 0.231 e. The fourth-order valence-electron chi connectivity index (χ4n) is 3.75. The van der Waals surface area contributed by atoms with Crippen molar-refractivity contribution in [2.45, 2.75) is 49.8 Å². The number of carbonyl (C=O) groups is 1. The number of carbonyl (C=O) groups excluding carboxylic acids is 1. The molecule has 0 saturated carbocycles. The molecule has 3 unspecified atom stereocenters. The number of benzene rings is 1. The van der Waals surface area contributed by atoms with Gasteiger partial charge in [0.05, 0.1) is 12.0 Å². The van der Waals surface area contributed by atoms with Crippen LogP contribution in [0.2, 0.25) is 0 Å². The largest absolute Gasteiger partial charge is 0.393 e. The number of nitrogens with two attached hydrogens (primary N) is 1. The normalized spacial score (nSPS) is 28.9. The van der Waals surface area contributed by atoms with E-state index in [1.165, 1.54) is 0 Å². The summed E-state index contributed by atoms with van der Waals surface area (Å²) in [4.78, 5) is 14.9. The van der Waals surface area contributed by atoms with Crippen LogP contribution in [0, 0.1) is 0 Å². The van der Waals surface area contributed by atoms with Gasteiger partial charge >= 0.3 is 0 Å². The molecule has 1 aromatic carbocycles. The zero-order valence-electron chi connectivity index (χ0n) is 12.0. The van der Waals surface area contributed by atoms with Crippen LogP contribution in [-0.4, -0.2) is 40.6 Å². The number of hydrogen-bond acceptors (Lipinski definition) is 3. The lowest BCUT2D eigenvalue weighted by Gasteiger charge is -2.39. The van der Waals surface area contributed by atoms with Crippen molar-refractivity contribution in [1.82, 2.24) is 4.90 Å². The van der Waals surface area contributed by atoms with E-state index in [0.29, 0.717) is 19.4 Å². The summed E-state index contributed by atoms with van der Waals surface area (Å²) < 4.78 is 0. The van der Waals surface area contributed by atoms with Gasteiger partial charge in [0.25, 0.3) is 0 Å². The molecule has 1 amide bonds. The van der Waals surface area contributed by atoms with Gasteiger partial charge in [-0.2, -0.15) is 0 Å². The van der Waals surface area contributed by atoms with Gasteiger partial charge in [0.2, 0.25) is 5.91 Å². The molecular formula is C16H23ClN2O2. The van der Waals surface area contributed by atoms with Crippen molar-refractivity contribution < 1.29 is 9.90 Å². The molecule has 2 bridgehead atoms. The van der Waals surface area contributed by atoms with Crippen LogP contribution in [0.3, 0.4) is 0 Å². The van der Waals surface area contributed by atoms with E-state index in [1.54, 1.807) is 0 Å². The first-order chi connectivity index (χ1) is 9.70. The molecule has 2 aliphatic heterocycles. The van der Waals surface area contributed by atoms with Gasteiger partial charge in [-0.3, -0.25) is 4.79 Å². The van der Waals surface area contributed by atoms with Crippen LogP contribution in [0.4, 0.5) is 0 Å². The number of halogens is 1. The van der Waals surface area contributed by atoms with E-state index in [-0.39, 0.29) is 42.4 Å². The number of aliphatic hydroxyl groups is 1. The first-order valence-corrected chi connectivity index (χ1v) is 7.46. The second-order valence-electron chi connectivity index (χ2n) is 5.95. The summed E-state index contributed by atoms with van der Waals surface area (Å²) in [5.41, 5.74) is 6.85. The minimum Gasteiger partial charge on any atom is -0.393 e. The molecule has 0 spiro atoms. The minimum absolute atomic E-state index is 0. The number of rotatable bonds is 3. The van der Waals surface area contributed by atoms with Gasteiger partial charge in [0.1, 0.15) is 0 Å². The van der Waals surface area contributed by atoms with Crippen molar-refractivity contribution >= 4 is 18.3 Å². The number of fused-ring (bicyclic) bond motifs is 2. The van der Waals surface area contributed by atoms with E-state index in [0.717, 1.165) is 18.4 Å². The predicted octanol–water partition coefficient (Wildman–Crippen LogP) is 1.66. The van der Waals surface area contributed by atoms with E-state index in [2.05, 4.69) is 0 Å². The summed E-state index contributed by atoms with van der Waals surface area (Å²) in [5, 5.41) is 9.84. The number of nitrogens with zero attached hydrogens (tertiary/aromatic N) is 1. The number of aliphatic hydroxyl groups excluding tert-OH is 1. The third-order valence-corrected chi connectivity index (χ3v) is 4.70. The van der Waals surface area contributed by atoms with Crippen molar-refractivity contribution in [3.63, 3.8) is 0 Å². The summed E-state index contributed by atoms with van der Waals surface area (Å²) in [6.45, 7) is 0.335. The number of hydrogen-bond donors (Lipinski definition) is 2. The van der Waals surface area contributed by atoms with Crippen LogP contribution in [-0.2, 0) is 4.79 Å². The summed E-state index contributed by atoms with van der Waals surface area (Å²) in [6.07, 6.45) is 3.21. The molecule has 3 N–H and O–H groups in total. The third kappa shape index (κ3) is 3.07. The molecule has 5 heteroatoms. The van der Waals surface area contributed by atoms with Crippen LogP contribution in [0.25, 0.3) is 0 Å². The molecule has 21 heavy (non-hydrogen) atoms. The van der Waals surface area contributed by atoms with Crippen LogP contribution in [0.5, 0.6) is 0 Å². The van der Waals surface area contributed by atoms with E-state index in [4.69, 9.17) is 5.73 Å². The molecule has 3 rings (SSSR count). The molecule has 2 aliphatic rings. The summed E-state index contributed by atoms with van der Waals surface area (Å²) in [5.74, 6) is -0.118. The Morgan fingerprint density at radius 3 is 2.33 bits per heavy atom. The van der Waals surface area contributed by atoms with Crippen LogP contribution in [0.1, 0.15) is 37.2 Å². The first-order valence-electron chi connectivity index (χ1n) is 7.46. The Balaban J connectivity index is 0.00000161. The van der Waals surface area contributed by atoms with Gasteiger partial charge in [-0.05, 0) is 31.2 Å². The number of amides is 1. The molecule has 4 nitrogen and oxygen atoms in total. The maximum absolute atomic E-state index is 12.9. The van der Waals surface area contributed by atoms with Crippen molar-refractivity contribution in [3.8, 4) is 0 Å². The highest BCUT2D eigenvalue weighted by Crippen LogP contribution is 2.37. The SMILES string of the molecule is Cl.NCC(C(=O)N1C2CCC1CC(O)C2)c1ccccc1. The fourth-order valence-corrected chi connectivity index (χ4v) is 3.75. The van der Waals surface area contributed by atoms with E-state index < -0.39 is 0 Å². The van der Waals surface area contributed by atoms with Gasteiger partial charge in [0.15, 0.2) is 0 Å². The highest BCUT2D eigenvalue weighted by molar-refractivity contribution is 5.85. The molecule has 2 saturated heterocycles. The monoisotopic (exact) mass is 310 g/mol. The molecule has 3 atom stereocenters. The van der Waals surface area contributed by atoms with Crippen molar-refractivity contribution in [2.24, 2.45) is 5.73 Å². The molecular weight excluding hydrogens is 288 g/mol. The Morgan fingerprint density at radius 1 is 1.24 bits per heavy atom. The molecule has 116 valence electrons. The Morgan fingerprint density at radius 2 is 1.81 bits per heavy atom. The lowest BCUT2D eigenvalue weighted by Crippen LogP contribution is -2.50. The lowest BCUT2D eigenvalue weighted by molar-refractivity contribution is -0.138. The Bertz CT molecular complexity index is 468. The fraction of sp³-hybridized carbons (Fsp3) is 0.562. The zero-order valence-corrected chi connectivity index (χ0v) is 12.8. The van der Waals surface area contributed by atoms with Gasteiger partial charge in [-0.25, -0.2) is 0 Å². The van der Waals surface area contributed by atoms with Crippen molar-refractivity contribution in [1.29, 1.82) is 0 Å². The van der Waals surface area contributed by atoms with Gasteiger partial charge in [0, 0.05) is 18.6 Å². The van der Waals surface area contributed by atoms with Crippen molar-refractivity contribution in [3.05, 3.63) is 35.9 Å². The smallest absolute Gasteiger partial charge is 0.231 e. The standard InChI is InChI=1S/C16H22N2O2.ClH/c17-10-15(11-4-2-1-3-5-11)16(20)18-12-6-7-13(18)9-14(19)8-12;/h1-5,12-15,19H,6-10,17H2;1H. The first kappa shape index (κ1) is 16.3. The predicted molar refractivity (Wildman–Crippen MR) is 84.4 cm³/mol. The molecule has 0 radical (unpaired) electrons. The second-order valence-corrected chi connectivity index (χ2v) is 5.95. The summed E-state index contributed by atoms with van der Waals surface area (Å²) >= 11 is 0. The Hall–Kier alpha value is -1.10. The highest BCUT2D eigenvalue weighted by Gasteiger charge is 2.44. The second kappa shape index (κ2) is 6.77. The maximum atomic E-state index is 12.9. The molecule has 1 aromatic rings. The van der Waals surface area contributed by atoms with E-state index in [1.807, 2.05) is 35.2 Å². The van der Waals surface area contributed by atoms with E-state index in [9.17, 15) is 9.90 Å². The molecule has 2 heterocycles.